The third-order valence-electron chi connectivity index (χ3n) is 4.41. The van der Waals surface area contributed by atoms with Crippen LogP contribution >= 0.6 is 11.8 Å². The van der Waals surface area contributed by atoms with E-state index in [1.165, 1.54) is 0 Å². The lowest BCUT2D eigenvalue weighted by Gasteiger charge is -2.40. The summed E-state index contributed by atoms with van der Waals surface area (Å²) in [5, 5.41) is 3.38. The van der Waals surface area contributed by atoms with Crippen LogP contribution in [0.4, 0.5) is 0 Å². The van der Waals surface area contributed by atoms with Crippen molar-refractivity contribution in [3.05, 3.63) is 23.8 Å². The fraction of sp³-hybridized carbons (Fsp3) is 0.562. The first kappa shape index (κ1) is 15.5. The number of amides is 1. The highest BCUT2D eigenvalue weighted by atomic mass is 32.2. The normalized spacial score (nSPS) is 20.2. The maximum absolute atomic E-state index is 13.0. The molecule has 0 bridgehead atoms. The molecule has 2 fully saturated rings. The van der Waals surface area contributed by atoms with E-state index in [-0.39, 0.29) is 10.8 Å². The van der Waals surface area contributed by atoms with Crippen LogP contribution in [0, 0.1) is 0 Å². The monoisotopic (exact) mass is 322 g/mol. The van der Waals surface area contributed by atoms with Crippen molar-refractivity contribution in [1.29, 1.82) is 0 Å². The molecule has 0 aromatic heterocycles. The molecule has 2 aliphatic heterocycles. The van der Waals surface area contributed by atoms with Gasteiger partial charge in [-0.25, -0.2) is 0 Å². The van der Waals surface area contributed by atoms with Gasteiger partial charge in [0.15, 0.2) is 0 Å². The lowest BCUT2D eigenvalue weighted by atomic mass is 10.0. The maximum atomic E-state index is 13.0. The van der Waals surface area contributed by atoms with Crippen molar-refractivity contribution < 1.29 is 14.3 Å². The van der Waals surface area contributed by atoms with E-state index in [0.29, 0.717) is 17.1 Å². The first-order valence-electron chi connectivity index (χ1n) is 7.58. The summed E-state index contributed by atoms with van der Waals surface area (Å²) >= 11 is 1.92. The average Bonchev–Trinajstić information content (AvgIpc) is 2.97. The fourth-order valence-corrected chi connectivity index (χ4v) is 4.69. The topological polar surface area (TPSA) is 50.8 Å². The summed E-state index contributed by atoms with van der Waals surface area (Å²) in [7, 11) is 3.20. The predicted octanol–water partition coefficient (Wildman–Crippen LogP) is 1.97. The zero-order chi connectivity index (χ0) is 15.6. The number of carbonyl (C=O) groups is 1. The first-order valence-corrected chi connectivity index (χ1v) is 8.57. The molecule has 1 amide bonds. The SMILES string of the molecule is COc1cc(OC)cc(C(=O)N2CCSC23CCNCC3)c1. The van der Waals surface area contributed by atoms with Crippen LogP contribution in [0.2, 0.25) is 0 Å². The molecule has 0 saturated carbocycles. The number of benzene rings is 1. The molecular weight excluding hydrogens is 300 g/mol. The maximum Gasteiger partial charge on any atom is 0.255 e. The van der Waals surface area contributed by atoms with Crippen molar-refractivity contribution >= 4 is 17.7 Å². The van der Waals surface area contributed by atoms with Gasteiger partial charge in [-0.1, -0.05) is 0 Å². The number of methoxy groups -OCH3 is 2. The largest absolute Gasteiger partial charge is 0.497 e. The Labute approximate surface area is 135 Å². The molecular formula is C16H22N2O3S. The number of rotatable bonds is 3. The molecule has 2 heterocycles. The number of hydrogen-bond acceptors (Lipinski definition) is 5. The van der Waals surface area contributed by atoms with Crippen LogP contribution in [0.3, 0.4) is 0 Å². The number of ether oxygens (including phenoxy) is 2. The highest BCUT2D eigenvalue weighted by Gasteiger charge is 2.45. The van der Waals surface area contributed by atoms with Gasteiger partial charge in [0, 0.05) is 23.9 Å². The second-order valence-electron chi connectivity index (χ2n) is 5.60. The van der Waals surface area contributed by atoms with Crippen molar-refractivity contribution in [3.8, 4) is 11.5 Å². The van der Waals surface area contributed by atoms with Crippen LogP contribution in [-0.4, -0.2) is 55.3 Å². The van der Waals surface area contributed by atoms with E-state index >= 15 is 0 Å². The molecule has 5 nitrogen and oxygen atoms in total. The summed E-state index contributed by atoms with van der Waals surface area (Å²) in [4.78, 5) is 15.0. The van der Waals surface area contributed by atoms with Crippen molar-refractivity contribution in [1.82, 2.24) is 10.2 Å². The number of hydrogen-bond donors (Lipinski definition) is 1. The summed E-state index contributed by atoms with van der Waals surface area (Å²) in [6, 6.07) is 5.38. The molecule has 22 heavy (non-hydrogen) atoms. The number of carbonyl (C=O) groups excluding carboxylic acids is 1. The molecule has 0 atom stereocenters. The Kier molecular flexibility index (Phi) is 4.49. The molecule has 120 valence electrons. The van der Waals surface area contributed by atoms with Crippen LogP contribution in [0.15, 0.2) is 18.2 Å². The molecule has 1 aromatic rings. The number of nitrogens with one attached hydrogen (secondary N) is 1. The minimum atomic E-state index is -0.0430. The summed E-state index contributed by atoms with van der Waals surface area (Å²) < 4.78 is 10.6. The van der Waals surface area contributed by atoms with Crippen molar-refractivity contribution in [2.24, 2.45) is 0 Å². The Morgan fingerprint density at radius 2 is 1.82 bits per heavy atom. The lowest BCUT2D eigenvalue weighted by molar-refractivity contribution is 0.0634. The lowest BCUT2D eigenvalue weighted by Crippen LogP contribution is -2.51. The molecule has 0 unspecified atom stereocenters. The number of thioether (sulfide) groups is 1. The fourth-order valence-electron chi connectivity index (χ4n) is 3.21. The van der Waals surface area contributed by atoms with Gasteiger partial charge < -0.3 is 19.7 Å². The molecule has 1 aromatic carbocycles. The van der Waals surface area contributed by atoms with E-state index in [1.807, 2.05) is 16.7 Å². The van der Waals surface area contributed by atoms with Crippen molar-refractivity contribution in [2.45, 2.75) is 17.7 Å². The van der Waals surface area contributed by atoms with Gasteiger partial charge in [-0.3, -0.25) is 4.79 Å². The zero-order valence-electron chi connectivity index (χ0n) is 13.1. The zero-order valence-corrected chi connectivity index (χ0v) is 13.9. The molecule has 0 aliphatic carbocycles. The van der Waals surface area contributed by atoms with E-state index in [4.69, 9.17) is 9.47 Å². The highest BCUT2D eigenvalue weighted by molar-refractivity contribution is 8.00. The van der Waals surface area contributed by atoms with Gasteiger partial charge >= 0.3 is 0 Å². The Balaban J connectivity index is 1.89. The van der Waals surface area contributed by atoms with Crippen LogP contribution in [0.25, 0.3) is 0 Å². The summed E-state index contributed by atoms with van der Waals surface area (Å²) in [6.07, 6.45) is 2.01. The minimum Gasteiger partial charge on any atom is -0.497 e. The second-order valence-corrected chi connectivity index (χ2v) is 7.06. The Morgan fingerprint density at radius 1 is 1.18 bits per heavy atom. The van der Waals surface area contributed by atoms with Crippen LogP contribution in [0.5, 0.6) is 11.5 Å². The van der Waals surface area contributed by atoms with E-state index in [9.17, 15) is 4.79 Å². The quantitative estimate of drug-likeness (QED) is 0.922. The summed E-state index contributed by atoms with van der Waals surface area (Å²) in [5.41, 5.74) is 0.636. The van der Waals surface area contributed by atoms with Gasteiger partial charge in [0.1, 0.15) is 11.5 Å². The van der Waals surface area contributed by atoms with Crippen LogP contribution < -0.4 is 14.8 Å². The van der Waals surface area contributed by atoms with E-state index in [1.54, 1.807) is 32.4 Å². The Hall–Kier alpha value is -1.40. The molecule has 2 saturated heterocycles. The van der Waals surface area contributed by atoms with Crippen molar-refractivity contribution in [2.75, 3.05) is 39.6 Å². The van der Waals surface area contributed by atoms with Crippen LogP contribution in [-0.2, 0) is 0 Å². The molecule has 1 N–H and O–H groups in total. The summed E-state index contributed by atoms with van der Waals surface area (Å²) in [6.45, 7) is 2.75. The minimum absolute atomic E-state index is 0.0430. The Morgan fingerprint density at radius 3 is 2.41 bits per heavy atom. The smallest absolute Gasteiger partial charge is 0.255 e. The molecule has 2 aliphatic rings. The van der Waals surface area contributed by atoms with Crippen LogP contribution in [0.1, 0.15) is 23.2 Å². The summed E-state index contributed by atoms with van der Waals surface area (Å²) in [5.74, 6) is 2.37. The van der Waals surface area contributed by atoms with E-state index < -0.39 is 0 Å². The molecule has 0 radical (unpaired) electrons. The predicted molar refractivity (Wildman–Crippen MR) is 87.9 cm³/mol. The van der Waals surface area contributed by atoms with Gasteiger partial charge in [-0.2, -0.15) is 0 Å². The van der Waals surface area contributed by atoms with Crippen molar-refractivity contribution in [3.63, 3.8) is 0 Å². The number of piperidine rings is 1. The second kappa shape index (κ2) is 6.38. The standard InChI is InChI=1S/C16H22N2O3S/c1-20-13-9-12(10-14(11-13)21-2)15(19)18-7-8-22-16(18)3-5-17-6-4-16/h9-11,17H,3-8H2,1-2H3. The first-order chi connectivity index (χ1) is 10.7. The van der Waals surface area contributed by atoms with Gasteiger partial charge in [0.05, 0.1) is 19.1 Å². The third kappa shape index (κ3) is 2.77. The van der Waals surface area contributed by atoms with Gasteiger partial charge in [-0.05, 0) is 38.1 Å². The van der Waals surface area contributed by atoms with E-state index in [2.05, 4.69) is 5.32 Å². The Bertz CT molecular complexity index is 536. The molecule has 1 spiro atoms. The number of nitrogens with zero attached hydrogens (tertiary/aromatic N) is 1. The van der Waals surface area contributed by atoms with Gasteiger partial charge in [0.25, 0.3) is 5.91 Å². The van der Waals surface area contributed by atoms with Gasteiger partial charge in [-0.15, -0.1) is 11.8 Å². The van der Waals surface area contributed by atoms with Gasteiger partial charge in [0.2, 0.25) is 0 Å². The molecule has 6 heteroatoms. The third-order valence-corrected chi connectivity index (χ3v) is 5.96. The molecule has 3 rings (SSSR count). The highest BCUT2D eigenvalue weighted by Crippen LogP contribution is 2.43. The average molecular weight is 322 g/mol. The van der Waals surface area contributed by atoms with E-state index in [0.717, 1.165) is 38.2 Å².